The molecule has 0 radical (unpaired) electrons. The van der Waals surface area contributed by atoms with E-state index in [0.717, 1.165) is 11.1 Å². The lowest BCUT2D eigenvalue weighted by Crippen LogP contribution is -2.50. The fraction of sp³-hybridized carbons (Fsp3) is 0.333. The van der Waals surface area contributed by atoms with Gasteiger partial charge in [-0.3, -0.25) is 9.59 Å². The van der Waals surface area contributed by atoms with E-state index in [1.165, 1.54) is 7.11 Å². The predicted molar refractivity (Wildman–Crippen MR) is 97.8 cm³/mol. The maximum atomic E-state index is 12.9. The van der Waals surface area contributed by atoms with Crippen LogP contribution in [-0.2, 0) is 19.7 Å². The second-order valence-electron chi connectivity index (χ2n) is 6.60. The molecule has 2 aromatic rings. The third kappa shape index (κ3) is 3.35. The SMILES string of the molecule is CO[C@@H](C(=O)N1CCC(C(=O)O)(c2ccccc2)CC1)c1ccccc1. The van der Waals surface area contributed by atoms with Crippen LogP contribution < -0.4 is 0 Å². The maximum Gasteiger partial charge on any atom is 0.314 e. The zero-order valence-corrected chi connectivity index (χ0v) is 14.8. The summed E-state index contributed by atoms with van der Waals surface area (Å²) >= 11 is 0. The number of rotatable bonds is 5. The van der Waals surface area contributed by atoms with E-state index in [2.05, 4.69) is 0 Å². The molecule has 5 nitrogen and oxygen atoms in total. The van der Waals surface area contributed by atoms with Crippen LogP contribution >= 0.6 is 0 Å². The number of benzene rings is 2. The van der Waals surface area contributed by atoms with Crippen LogP contribution in [0.4, 0.5) is 0 Å². The lowest BCUT2D eigenvalue weighted by Gasteiger charge is -2.40. The van der Waals surface area contributed by atoms with E-state index in [1.807, 2.05) is 60.7 Å². The largest absolute Gasteiger partial charge is 0.481 e. The van der Waals surface area contributed by atoms with Crippen LogP contribution in [0.25, 0.3) is 0 Å². The monoisotopic (exact) mass is 353 g/mol. The highest BCUT2D eigenvalue weighted by Crippen LogP contribution is 2.36. The van der Waals surface area contributed by atoms with Gasteiger partial charge < -0.3 is 14.7 Å². The standard InChI is InChI=1S/C21H23NO4/c1-26-18(16-8-4-2-5-9-16)19(23)22-14-12-21(13-15-22,20(24)25)17-10-6-3-7-11-17/h2-11,18H,12-15H2,1H3,(H,24,25)/t18-/m1/s1. The molecule has 0 aliphatic carbocycles. The lowest BCUT2D eigenvalue weighted by atomic mass is 9.72. The number of amides is 1. The highest BCUT2D eigenvalue weighted by atomic mass is 16.5. The molecule has 1 aliphatic rings. The number of carboxylic acid groups (broad SMARTS) is 1. The molecular formula is C21H23NO4. The van der Waals surface area contributed by atoms with Gasteiger partial charge in [-0.15, -0.1) is 0 Å². The van der Waals surface area contributed by atoms with Crippen LogP contribution in [-0.4, -0.2) is 42.1 Å². The minimum Gasteiger partial charge on any atom is -0.481 e. The Labute approximate surface area is 153 Å². The van der Waals surface area contributed by atoms with E-state index < -0.39 is 17.5 Å². The average molecular weight is 353 g/mol. The summed E-state index contributed by atoms with van der Waals surface area (Å²) in [5.74, 6) is -0.951. The third-order valence-electron chi connectivity index (χ3n) is 5.23. The first kappa shape index (κ1) is 18.1. The van der Waals surface area contributed by atoms with E-state index in [-0.39, 0.29) is 5.91 Å². The third-order valence-corrected chi connectivity index (χ3v) is 5.23. The topological polar surface area (TPSA) is 66.8 Å². The normalized spacial score (nSPS) is 17.5. The molecule has 0 unspecified atom stereocenters. The van der Waals surface area contributed by atoms with E-state index in [9.17, 15) is 14.7 Å². The van der Waals surface area contributed by atoms with Crippen molar-refractivity contribution in [2.24, 2.45) is 0 Å². The molecule has 1 amide bonds. The van der Waals surface area contributed by atoms with Gasteiger partial charge in [-0.1, -0.05) is 60.7 Å². The average Bonchev–Trinajstić information content (AvgIpc) is 2.70. The predicted octanol–water partition coefficient (Wildman–Crippen LogP) is 3.02. The Morgan fingerprint density at radius 3 is 2.04 bits per heavy atom. The zero-order valence-electron chi connectivity index (χ0n) is 14.8. The first-order valence-corrected chi connectivity index (χ1v) is 8.74. The molecule has 136 valence electrons. The molecule has 26 heavy (non-hydrogen) atoms. The van der Waals surface area contributed by atoms with Gasteiger partial charge in [0.2, 0.25) is 0 Å². The highest BCUT2D eigenvalue weighted by molar-refractivity contribution is 5.84. The number of piperidine rings is 1. The number of ether oxygens (including phenoxy) is 1. The first-order chi connectivity index (χ1) is 12.6. The van der Waals surface area contributed by atoms with Crippen molar-refractivity contribution in [3.8, 4) is 0 Å². The molecule has 2 aromatic carbocycles. The Morgan fingerprint density at radius 2 is 1.54 bits per heavy atom. The number of nitrogens with zero attached hydrogens (tertiary/aromatic N) is 1. The van der Waals surface area contributed by atoms with Gasteiger partial charge in [0.25, 0.3) is 5.91 Å². The molecule has 1 aliphatic heterocycles. The van der Waals surface area contributed by atoms with Crippen LogP contribution in [0.15, 0.2) is 60.7 Å². The Kier molecular flexibility index (Phi) is 5.38. The molecule has 5 heteroatoms. The fourth-order valence-corrected chi connectivity index (χ4v) is 3.67. The minimum absolute atomic E-state index is 0.120. The second kappa shape index (κ2) is 7.70. The number of carbonyl (C=O) groups is 2. The van der Waals surface area contributed by atoms with Crippen LogP contribution in [0.2, 0.25) is 0 Å². The molecule has 3 rings (SSSR count). The van der Waals surface area contributed by atoms with Gasteiger partial charge in [0, 0.05) is 20.2 Å². The van der Waals surface area contributed by atoms with E-state index in [4.69, 9.17) is 4.74 Å². The number of methoxy groups -OCH3 is 1. The lowest BCUT2D eigenvalue weighted by molar-refractivity contribution is -0.151. The van der Waals surface area contributed by atoms with E-state index in [1.54, 1.807) is 4.90 Å². The van der Waals surface area contributed by atoms with Gasteiger partial charge in [0.1, 0.15) is 0 Å². The number of carboxylic acids is 1. The molecule has 0 aromatic heterocycles. The number of hydrogen-bond donors (Lipinski definition) is 1. The number of hydrogen-bond acceptors (Lipinski definition) is 3. The van der Waals surface area contributed by atoms with E-state index >= 15 is 0 Å². The van der Waals surface area contributed by atoms with Crippen molar-refractivity contribution in [1.29, 1.82) is 0 Å². The summed E-state index contributed by atoms with van der Waals surface area (Å²) in [4.78, 5) is 26.7. The molecule has 0 bridgehead atoms. The van der Waals surface area contributed by atoms with Crippen molar-refractivity contribution in [3.63, 3.8) is 0 Å². The van der Waals surface area contributed by atoms with Crippen molar-refractivity contribution in [2.45, 2.75) is 24.4 Å². The number of aliphatic carboxylic acids is 1. The Morgan fingerprint density at radius 1 is 1.00 bits per heavy atom. The van der Waals surface area contributed by atoms with Gasteiger partial charge in [0.05, 0.1) is 5.41 Å². The molecule has 1 heterocycles. The summed E-state index contributed by atoms with van der Waals surface area (Å²) in [6, 6.07) is 18.7. The van der Waals surface area contributed by atoms with Crippen molar-refractivity contribution in [1.82, 2.24) is 4.90 Å². The summed E-state index contributed by atoms with van der Waals surface area (Å²) in [6.07, 6.45) is 0.123. The van der Waals surface area contributed by atoms with Crippen LogP contribution in [0.1, 0.15) is 30.1 Å². The Balaban J connectivity index is 1.76. The minimum atomic E-state index is -0.937. The molecule has 1 fully saturated rings. The summed E-state index contributed by atoms with van der Waals surface area (Å²) < 4.78 is 5.43. The summed E-state index contributed by atoms with van der Waals surface area (Å²) in [5, 5.41) is 9.87. The van der Waals surface area contributed by atoms with Crippen molar-refractivity contribution in [2.75, 3.05) is 20.2 Å². The molecule has 0 saturated carbocycles. The highest BCUT2D eigenvalue weighted by Gasteiger charge is 2.44. The van der Waals surface area contributed by atoms with Crippen LogP contribution in [0.5, 0.6) is 0 Å². The summed E-state index contributed by atoms with van der Waals surface area (Å²) in [6.45, 7) is 0.791. The fourth-order valence-electron chi connectivity index (χ4n) is 3.67. The summed E-state index contributed by atoms with van der Waals surface area (Å²) in [7, 11) is 1.52. The van der Waals surface area contributed by atoms with Gasteiger partial charge in [-0.2, -0.15) is 0 Å². The van der Waals surface area contributed by atoms with Crippen LogP contribution in [0.3, 0.4) is 0 Å². The molecule has 1 N–H and O–H groups in total. The van der Waals surface area contributed by atoms with Crippen LogP contribution in [0, 0.1) is 0 Å². The molecule has 0 spiro atoms. The van der Waals surface area contributed by atoms with Crippen molar-refractivity contribution >= 4 is 11.9 Å². The quantitative estimate of drug-likeness (QED) is 0.897. The second-order valence-corrected chi connectivity index (χ2v) is 6.60. The van der Waals surface area contributed by atoms with Gasteiger partial charge in [-0.25, -0.2) is 0 Å². The van der Waals surface area contributed by atoms with Gasteiger partial charge in [-0.05, 0) is 24.0 Å². The van der Waals surface area contributed by atoms with Gasteiger partial charge >= 0.3 is 5.97 Å². The maximum absolute atomic E-state index is 12.9. The van der Waals surface area contributed by atoms with Crippen molar-refractivity contribution < 1.29 is 19.4 Å². The molecule has 1 saturated heterocycles. The smallest absolute Gasteiger partial charge is 0.314 e. The van der Waals surface area contributed by atoms with E-state index in [0.29, 0.717) is 25.9 Å². The summed E-state index contributed by atoms with van der Waals surface area (Å²) in [5.41, 5.74) is 0.664. The molecule has 1 atom stereocenters. The van der Waals surface area contributed by atoms with Crippen molar-refractivity contribution in [3.05, 3.63) is 71.8 Å². The molecular weight excluding hydrogens is 330 g/mol. The number of likely N-dealkylation sites (tertiary alicyclic amines) is 1. The first-order valence-electron chi connectivity index (χ1n) is 8.74. The Hall–Kier alpha value is -2.66. The number of carbonyl (C=O) groups excluding carboxylic acids is 1. The van der Waals surface area contributed by atoms with Gasteiger partial charge in [0.15, 0.2) is 6.10 Å². The zero-order chi connectivity index (χ0) is 18.6. The Bertz CT molecular complexity index is 752.